The zero-order valence-electron chi connectivity index (χ0n) is 14.4. The average Bonchev–Trinajstić information content (AvgIpc) is 2.59. The highest BCUT2D eigenvalue weighted by molar-refractivity contribution is 5.96. The van der Waals surface area contributed by atoms with Crippen LogP contribution in [0.5, 0.6) is 0 Å². The minimum atomic E-state index is -0.693. The highest BCUT2D eigenvalue weighted by Crippen LogP contribution is 2.27. The highest BCUT2D eigenvalue weighted by atomic mass is 19.1. The van der Waals surface area contributed by atoms with E-state index in [4.69, 9.17) is 0 Å². The molecule has 0 saturated carbocycles. The van der Waals surface area contributed by atoms with Gasteiger partial charge in [0.1, 0.15) is 11.6 Å². The molecule has 0 spiro atoms. The van der Waals surface area contributed by atoms with Gasteiger partial charge in [0.15, 0.2) is 0 Å². The quantitative estimate of drug-likeness (QED) is 0.856. The number of nitrogens with one attached hydrogen (secondary N) is 2. The van der Waals surface area contributed by atoms with Crippen LogP contribution in [0.4, 0.5) is 14.5 Å². The van der Waals surface area contributed by atoms with Crippen LogP contribution in [0.1, 0.15) is 36.9 Å². The molecule has 2 atom stereocenters. The van der Waals surface area contributed by atoms with Crippen molar-refractivity contribution in [2.75, 3.05) is 5.32 Å². The van der Waals surface area contributed by atoms with E-state index in [1.165, 1.54) is 6.07 Å². The Morgan fingerprint density at radius 3 is 2.81 bits per heavy atom. The number of halogens is 2. The van der Waals surface area contributed by atoms with Gasteiger partial charge in [0.25, 0.3) is 0 Å². The fourth-order valence-corrected chi connectivity index (χ4v) is 3.20. The summed E-state index contributed by atoms with van der Waals surface area (Å²) in [6, 6.07) is 10.3. The summed E-state index contributed by atoms with van der Waals surface area (Å²) in [5, 5.41) is 5.55. The molecular weight excluding hydrogens is 338 g/mol. The maximum atomic E-state index is 13.8. The van der Waals surface area contributed by atoms with Crippen molar-refractivity contribution in [2.45, 2.75) is 32.2 Å². The highest BCUT2D eigenvalue weighted by Gasteiger charge is 2.26. The van der Waals surface area contributed by atoms with Crippen LogP contribution in [0.3, 0.4) is 0 Å². The van der Waals surface area contributed by atoms with Gasteiger partial charge in [-0.15, -0.1) is 0 Å². The molecule has 4 nitrogen and oxygen atoms in total. The topological polar surface area (TPSA) is 58.2 Å². The van der Waals surface area contributed by atoms with Gasteiger partial charge in [0, 0.05) is 29.7 Å². The fourth-order valence-electron chi connectivity index (χ4n) is 3.20. The Balaban J connectivity index is 1.55. The largest absolute Gasteiger partial charge is 0.349 e. The van der Waals surface area contributed by atoms with E-state index in [-0.39, 0.29) is 29.7 Å². The number of hydrogen-bond donors (Lipinski definition) is 2. The first kappa shape index (κ1) is 18.0. The Morgan fingerprint density at radius 2 is 2.04 bits per heavy atom. The predicted molar refractivity (Wildman–Crippen MR) is 94.4 cm³/mol. The van der Waals surface area contributed by atoms with Crippen LogP contribution in [0, 0.1) is 17.6 Å². The second kappa shape index (κ2) is 7.64. The number of fused-ring (bicyclic) bond motifs is 1. The van der Waals surface area contributed by atoms with Crippen molar-refractivity contribution in [3.63, 3.8) is 0 Å². The molecule has 1 aliphatic rings. The van der Waals surface area contributed by atoms with Crippen molar-refractivity contribution in [2.24, 2.45) is 5.92 Å². The zero-order chi connectivity index (χ0) is 18.7. The number of anilines is 1. The van der Waals surface area contributed by atoms with E-state index in [0.29, 0.717) is 12.8 Å². The van der Waals surface area contributed by atoms with Gasteiger partial charge in [-0.3, -0.25) is 9.59 Å². The van der Waals surface area contributed by atoms with Crippen LogP contribution >= 0.6 is 0 Å². The number of carbonyl (C=O) groups is 2. The summed E-state index contributed by atoms with van der Waals surface area (Å²) >= 11 is 0. The molecule has 0 unspecified atom stereocenters. The molecule has 1 aliphatic heterocycles. The average molecular weight is 358 g/mol. The molecule has 0 aliphatic carbocycles. The third kappa shape index (κ3) is 4.07. The molecule has 136 valence electrons. The molecule has 2 N–H and O–H groups in total. The SMILES string of the molecule is C[C@H](NC(=O)CC[C@H]1Cc2ccccc2NC1=O)c1ccc(F)cc1F. The smallest absolute Gasteiger partial charge is 0.227 e. The van der Waals surface area contributed by atoms with Crippen LogP contribution in [0.25, 0.3) is 0 Å². The Hall–Kier alpha value is -2.76. The number of carbonyl (C=O) groups excluding carboxylic acids is 2. The number of rotatable bonds is 5. The number of hydrogen-bond acceptors (Lipinski definition) is 2. The van der Waals surface area contributed by atoms with E-state index in [9.17, 15) is 18.4 Å². The zero-order valence-corrected chi connectivity index (χ0v) is 14.4. The first-order valence-electron chi connectivity index (χ1n) is 8.57. The Labute approximate surface area is 150 Å². The van der Waals surface area contributed by atoms with Gasteiger partial charge in [-0.2, -0.15) is 0 Å². The Morgan fingerprint density at radius 1 is 1.27 bits per heavy atom. The lowest BCUT2D eigenvalue weighted by Gasteiger charge is -2.24. The molecule has 0 bridgehead atoms. The Kier molecular flexibility index (Phi) is 5.30. The van der Waals surface area contributed by atoms with Gasteiger partial charge in [0.05, 0.1) is 6.04 Å². The van der Waals surface area contributed by atoms with Gasteiger partial charge >= 0.3 is 0 Å². The van der Waals surface area contributed by atoms with Crippen LogP contribution in [-0.4, -0.2) is 11.8 Å². The third-order valence-corrected chi connectivity index (χ3v) is 4.64. The monoisotopic (exact) mass is 358 g/mol. The van der Waals surface area contributed by atoms with Crippen LogP contribution in [0.15, 0.2) is 42.5 Å². The molecule has 2 aromatic carbocycles. The maximum Gasteiger partial charge on any atom is 0.227 e. The normalized spacial score (nSPS) is 17.2. The van der Waals surface area contributed by atoms with Gasteiger partial charge in [0.2, 0.25) is 11.8 Å². The van der Waals surface area contributed by atoms with Crippen molar-refractivity contribution in [1.82, 2.24) is 5.32 Å². The minimum Gasteiger partial charge on any atom is -0.349 e. The first-order chi connectivity index (χ1) is 12.4. The molecular formula is C20H20F2N2O2. The number of benzene rings is 2. The van der Waals surface area contributed by atoms with Crippen molar-refractivity contribution < 1.29 is 18.4 Å². The van der Waals surface area contributed by atoms with E-state index in [1.807, 2.05) is 24.3 Å². The lowest BCUT2D eigenvalue weighted by molar-refractivity contribution is -0.123. The van der Waals surface area contributed by atoms with Gasteiger partial charge in [-0.05, 0) is 37.5 Å². The summed E-state index contributed by atoms with van der Waals surface area (Å²) in [4.78, 5) is 24.3. The summed E-state index contributed by atoms with van der Waals surface area (Å²) < 4.78 is 26.8. The van der Waals surface area contributed by atoms with Gasteiger partial charge in [-0.25, -0.2) is 8.78 Å². The third-order valence-electron chi connectivity index (χ3n) is 4.64. The van der Waals surface area contributed by atoms with E-state index >= 15 is 0 Å². The maximum absolute atomic E-state index is 13.8. The molecule has 3 rings (SSSR count). The van der Waals surface area contributed by atoms with E-state index in [2.05, 4.69) is 10.6 Å². The predicted octanol–water partition coefficient (Wildman–Crippen LogP) is 3.73. The standard InChI is InChI=1S/C20H20F2N2O2/c1-12(16-8-7-15(21)11-17(16)22)23-19(25)9-6-14-10-13-4-2-3-5-18(13)24-20(14)26/h2-5,7-8,11-12,14H,6,9-10H2,1H3,(H,23,25)(H,24,26)/t12-,14-/m0/s1. The van der Waals surface area contributed by atoms with Crippen molar-refractivity contribution in [1.29, 1.82) is 0 Å². The first-order valence-corrected chi connectivity index (χ1v) is 8.57. The second-order valence-electron chi connectivity index (χ2n) is 6.54. The summed E-state index contributed by atoms with van der Waals surface area (Å²) in [6.07, 6.45) is 1.16. The van der Waals surface area contributed by atoms with E-state index < -0.39 is 17.7 Å². The molecule has 0 radical (unpaired) electrons. The summed E-state index contributed by atoms with van der Waals surface area (Å²) in [5.41, 5.74) is 2.10. The van der Waals surface area contributed by atoms with Gasteiger partial charge < -0.3 is 10.6 Å². The molecule has 6 heteroatoms. The summed E-state index contributed by atoms with van der Waals surface area (Å²) in [7, 11) is 0. The fraction of sp³-hybridized carbons (Fsp3) is 0.300. The van der Waals surface area contributed by atoms with E-state index in [0.717, 1.165) is 23.4 Å². The van der Waals surface area contributed by atoms with Gasteiger partial charge in [-0.1, -0.05) is 24.3 Å². The molecule has 26 heavy (non-hydrogen) atoms. The summed E-state index contributed by atoms with van der Waals surface area (Å²) in [6.45, 7) is 1.64. The Bertz CT molecular complexity index is 838. The molecule has 0 saturated heterocycles. The summed E-state index contributed by atoms with van der Waals surface area (Å²) in [5.74, 6) is -1.98. The number of amides is 2. The minimum absolute atomic E-state index is 0.0888. The lowest BCUT2D eigenvalue weighted by atomic mass is 9.89. The molecule has 1 heterocycles. The lowest BCUT2D eigenvalue weighted by Crippen LogP contribution is -2.32. The molecule has 0 fully saturated rings. The molecule has 0 aromatic heterocycles. The number of para-hydroxylation sites is 1. The second-order valence-corrected chi connectivity index (χ2v) is 6.54. The van der Waals surface area contributed by atoms with Crippen molar-refractivity contribution in [3.8, 4) is 0 Å². The van der Waals surface area contributed by atoms with Crippen LogP contribution in [-0.2, 0) is 16.0 Å². The van der Waals surface area contributed by atoms with Crippen molar-refractivity contribution >= 4 is 17.5 Å². The van der Waals surface area contributed by atoms with Crippen molar-refractivity contribution in [3.05, 3.63) is 65.2 Å². The molecule has 2 amide bonds. The van der Waals surface area contributed by atoms with E-state index in [1.54, 1.807) is 6.92 Å². The van der Waals surface area contributed by atoms with Crippen LogP contribution < -0.4 is 10.6 Å². The van der Waals surface area contributed by atoms with Crippen LogP contribution in [0.2, 0.25) is 0 Å². The molecule has 2 aromatic rings.